The summed E-state index contributed by atoms with van der Waals surface area (Å²) in [6, 6.07) is 7.95. The Morgan fingerprint density at radius 2 is 1.69 bits per heavy atom. The van der Waals surface area contributed by atoms with Crippen LogP contribution in [0.25, 0.3) is 0 Å². The molecule has 0 radical (unpaired) electrons. The first-order valence-corrected chi connectivity index (χ1v) is 9.31. The van der Waals surface area contributed by atoms with Gasteiger partial charge in [0.2, 0.25) is 0 Å². The molecular weight excluding hydrogens is 330 g/mol. The summed E-state index contributed by atoms with van der Waals surface area (Å²) in [5, 5.41) is 2.98. The van der Waals surface area contributed by atoms with Crippen molar-refractivity contribution in [3.05, 3.63) is 29.8 Å². The number of rotatable bonds is 5. The zero-order chi connectivity index (χ0) is 19.3. The van der Waals surface area contributed by atoms with Gasteiger partial charge in [-0.25, -0.2) is 4.79 Å². The second-order valence-electron chi connectivity index (χ2n) is 7.43. The first-order chi connectivity index (χ1) is 12.3. The highest BCUT2D eigenvalue weighted by Crippen LogP contribution is 2.20. The topological polar surface area (TPSA) is 61.9 Å². The molecule has 1 heterocycles. The fraction of sp³-hybridized carbons (Fsp3) is 0.600. The SMILES string of the molecule is CC(C)c1ccc(O[C@H](C)C(=O)N2CCC(NC(=O)N(C)C)CC2)cc1. The second kappa shape index (κ2) is 8.92. The van der Waals surface area contributed by atoms with E-state index in [1.54, 1.807) is 21.0 Å². The summed E-state index contributed by atoms with van der Waals surface area (Å²) in [7, 11) is 3.45. The highest BCUT2D eigenvalue weighted by molar-refractivity contribution is 5.81. The van der Waals surface area contributed by atoms with Crippen LogP contribution in [0.2, 0.25) is 0 Å². The molecule has 1 atom stereocenters. The van der Waals surface area contributed by atoms with Gasteiger partial charge in [-0.3, -0.25) is 4.79 Å². The number of likely N-dealkylation sites (tertiary alicyclic amines) is 1. The number of nitrogens with one attached hydrogen (secondary N) is 1. The number of carbonyl (C=O) groups is 2. The first-order valence-electron chi connectivity index (χ1n) is 9.31. The maximum absolute atomic E-state index is 12.6. The average molecular weight is 361 g/mol. The minimum absolute atomic E-state index is 0.00433. The molecule has 6 heteroatoms. The molecule has 1 N–H and O–H groups in total. The smallest absolute Gasteiger partial charge is 0.317 e. The molecule has 6 nitrogen and oxygen atoms in total. The first kappa shape index (κ1) is 20.1. The summed E-state index contributed by atoms with van der Waals surface area (Å²) in [6.45, 7) is 7.35. The standard InChI is InChI=1S/C20H31N3O3/c1-14(2)16-6-8-18(9-7-16)26-15(3)19(24)23-12-10-17(11-13-23)21-20(25)22(4)5/h6-9,14-15,17H,10-13H2,1-5H3,(H,21,25)/t15-/m1/s1. The molecule has 144 valence electrons. The molecule has 1 saturated heterocycles. The third-order valence-corrected chi connectivity index (χ3v) is 4.75. The Kier molecular flexibility index (Phi) is 6.89. The van der Waals surface area contributed by atoms with Gasteiger partial charge in [0.05, 0.1) is 0 Å². The fourth-order valence-corrected chi connectivity index (χ4v) is 2.99. The Bertz CT molecular complexity index is 605. The van der Waals surface area contributed by atoms with Crippen LogP contribution in [-0.2, 0) is 4.79 Å². The summed E-state index contributed by atoms with van der Waals surface area (Å²) in [4.78, 5) is 27.7. The van der Waals surface area contributed by atoms with Crippen LogP contribution in [0, 0.1) is 0 Å². The van der Waals surface area contributed by atoms with Gasteiger partial charge in [-0.2, -0.15) is 0 Å². The Morgan fingerprint density at radius 1 is 1.12 bits per heavy atom. The molecule has 0 saturated carbocycles. The van der Waals surface area contributed by atoms with Crippen molar-refractivity contribution < 1.29 is 14.3 Å². The molecule has 1 aromatic rings. The van der Waals surface area contributed by atoms with Crippen LogP contribution in [-0.4, -0.2) is 61.1 Å². The minimum Gasteiger partial charge on any atom is -0.481 e. The number of benzene rings is 1. The van der Waals surface area contributed by atoms with Crippen LogP contribution in [0.4, 0.5) is 4.79 Å². The lowest BCUT2D eigenvalue weighted by molar-refractivity contribution is -0.139. The zero-order valence-corrected chi connectivity index (χ0v) is 16.5. The van der Waals surface area contributed by atoms with Crippen LogP contribution in [0.5, 0.6) is 5.75 Å². The average Bonchev–Trinajstić information content (AvgIpc) is 2.62. The van der Waals surface area contributed by atoms with Gasteiger partial charge in [-0.05, 0) is 43.4 Å². The predicted molar refractivity (Wildman–Crippen MR) is 102 cm³/mol. The van der Waals surface area contributed by atoms with E-state index in [2.05, 4.69) is 19.2 Å². The van der Waals surface area contributed by atoms with Crippen molar-refractivity contribution in [1.82, 2.24) is 15.1 Å². The number of hydrogen-bond donors (Lipinski definition) is 1. The van der Waals surface area contributed by atoms with Gasteiger partial charge >= 0.3 is 6.03 Å². The van der Waals surface area contributed by atoms with E-state index in [0.717, 1.165) is 12.8 Å². The van der Waals surface area contributed by atoms with E-state index >= 15 is 0 Å². The minimum atomic E-state index is -0.521. The van der Waals surface area contributed by atoms with E-state index in [9.17, 15) is 9.59 Å². The molecule has 0 spiro atoms. The number of piperidine rings is 1. The van der Waals surface area contributed by atoms with Crippen LogP contribution in [0.3, 0.4) is 0 Å². The van der Waals surface area contributed by atoms with Crippen molar-refractivity contribution in [2.45, 2.75) is 51.7 Å². The third-order valence-electron chi connectivity index (χ3n) is 4.75. The van der Waals surface area contributed by atoms with Gasteiger partial charge in [-0.15, -0.1) is 0 Å². The molecule has 3 amide bonds. The lowest BCUT2D eigenvalue weighted by Crippen LogP contribution is -2.51. The molecule has 0 bridgehead atoms. The summed E-state index contributed by atoms with van der Waals surface area (Å²) >= 11 is 0. The number of urea groups is 1. The quantitative estimate of drug-likeness (QED) is 0.877. The highest BCUT2D eigenvalue weighted by Gasteiger charge is 2.27. The van der Waals surface area contributed by atoms with E-state index in [-0.39, 0.29) is 18.0 Å². The summed E-state index contributed by atoms with van der Waals surface area (Å²) in [6.07, 6.45) is 1.01. The molecular formula is C20H31N3O3. The normalized spacial score (nSPS) is 16.3. The molecule has 1 fully saturated rings. The van der Waals surface area contributed by atoms with Crippen molar-refractivity contribution in [2.75, 3.05) is 27.2 Å². The van der Waals surface area contributed by atoms with E-state index in [0.29, 0.717) is 24.8 Å². The maximum Gasteiger partial charge on any atom is 0.317 e. The van der Waals surface area contributed by atoms with E-state index in [1.807, 2.05) is 29.2 Å². The number of carbonyl (C=O) groups excluding carboxylic acids is 2. The number of nitrogens with zero attached hydrogens (tertiary/aromatic N) is 2. The fourth-order valence-electron chi connectivity index (χ4n) is 2.99. The molecule has 2 rings (SSSR count). The molecule has 1 aliphatic heterocycles. The monoisotopic (exact) mass is 361 g/mol. The lowest BCUT2D eigenvalue weighted by atomic mass is 10.0. The van der Waals surface area contributed by atoms with Crippen LogP contribution in [0.15, 0.2) is 24.3 Å². The van der Waals surface area contributed by atoms with Gasteiger partial charge in [0.15, 0.2) is 6.10 Å². The highest BCUT2D eigenvalue weighted by atomic mass is 16.5. The Balaban J connectivity index is 1.82. The number of ether oxygens (including phenoxy) is 1. The lowest BCUT2D eigenvalue weighted by Gasteiger charge is -2.34. The Morgan fingerprint density at radius 3 is 2.19 bits per heavy atom. The Hall–Kier alpha value is -2.24. The molecule has 0 unspecified atom stereocenters. The second-order valence-corrected chi connectivity index (χ2v) is 7.43. The van der Waals surface area contributed by atoms with Crippen molar-refractivity contribution in [3.63, 3.8) is 0 Å². The van der Waals surface area contributed by atoms with Gasteiger partial charge in [-0.1, -0.05) is 26.0 Å². The number of hydrogen-bond acceptors (Lipinski definition) is 3. The van der Waals surface area contributed by atoms with Crippen LogP contribution in [0.1, 0.15) is 45.1 Å². The molecule has 26 heavy (non-hydrogen) atoms. The summed E-state index contributed by atoms with van der Waals surface area (Å²) in [5.41, 5.74) is 1.25. The zero-order valence-electron chi connectivity index (χ0n) is 16.5. The van der Waals surface area contributed by atoms with E-state index in [4.69, 9.17) is 4.74 Å². The molecule has 1 aliphatic rings. The van der Waals surface area contributed by atoms with Crippen molar-refractivity contribution in [2.24, 2.45) is 0 Å². The molecule has 0 aliphatic carbocycles. The Labute approximate surface area is 156 Å². The van der Waals surface area contributed by atoms with Crippen LogP contribution >= 0.6 is 0 Å². The van der Waals surface area contributed by atoms with Gasteiger partial charge in [0, 0.05) is 33.2 Å². The third kappa shape index (κ3) is 5.38. The van der Waals surface area contributed by atoms with Gasteiger partial charge in [0.25, 0.3) is 5.91 Å². The van der Waals surface area contributed by atoms with Crippen molar-refractivity contribution >= 4 is 11.9 Å². The number of amides is 3. The summed E-state index contributed by atoms with van der Waals surface area (Å²) in [5.74, 6) is 1.18. The van der Waals surface area contributed by atoms with E-state index < -0.39 is 6.10 Å². The summed E-state index contributed by atoms with van der Waals surface area (Å²) < 4.78 is 5.82. The largest absolute Gasteiger partial charge is 0.481 e. The maximum atomic E-state index is 12.6. The van der Waals surface area contributed by atoms with Crippen molar-refractivity contribution in [1.29, 1.82) is 0 Å². The molecule has 1 aromatic carbocycles. The predicted octanol–water partition coefficient (Wildman–Crippen LogP) is 2.84. The molecule has 0 aromatic heterocycles. The van der Waals surface area contributed by atoms with E-state index in [1.165, 1.54) is 10.5 Å². The van der Waals surface area contributed by atoms with Crippen molar-refractivity contribution in [3.8, 4) is 5.75 Å². The van der Waals surface area contributed by atoms with Gasteiger partial charge < -0.3 is 19.9 Å². The van der Waals surface area contributed by atoms with Gasteiger partial charge in [0.1, 0.15) is 5.75 Å². The van der Waals surface area contributed by atoms with Crippen LogP contribution < -0.4 is 10.1 Å².